The van der Waals surface area contributed by atoms with E-state index in [0.717, 1.165) is 35.2 Å². The molecule has 2 heterocycles. The highest BCUT2D eigenvalue weighted by molar-refractivity contribution is 6.36. The lowest BCUT2D eigenvalue weighted by molar-refractivity contribution is 0.260. The van der Waals surface area contributed by atoms with E-state index in [2.05, 4.69) is 43.9 Å². The van der Waals surface area contributed by atoms with Gasteiger partial charge in [0.1, 0.15) is 19.7 Å². The van der Waals surface area contributed by atoms with Crippen molar-refractivity contribution in [1.29, 1.82) is 5.26 Å². The van der Waals surface area contributed by atoms with Crippen molar-refractivity contribution in [2.75, 3.05) is 17.2 Å². The standard InChI is InChI=1S/C24H24BClFN7/c1-2-29-22-14(11-28)12-30-23-19(22)9-17(10-20(23)26)31-24(25,15-3-5-16(27)6-4-15)21-13-34(33-32-21)18-7-8-18/h3-6,9-10,12-13,18,31-33H,2,7-8,25H2,1H3,(H,29,30). The first-order valence-corrected chi connectivity index (χ1v) is 11.6. The van der Waals surface area contributed by atoms with Crippen molar-refractivity contribution in [1.82, 2.24) is 21.0 Å². The Bertz CT molecular complexity index is 1320. The number of benzene rings is 2. The number of nitrogens with zero attached hydrogens (tertiary/aromatic N) is 3. The molecule has 0 spiro atoms. The number of rotatable bonds is 7. The molecule has 0 radical (unpaired) electrons. The molecule has 1 fully saturated rings. The smallest absolute Gasteiger partial charge is 0.148 e. The number of halogens is 2. The van der Waals surface area contributed by atoms with Crippen LogP contribution in [-0.2, 0) is 5.44 Å². The Morgan fingerprint density at radius 3 is 2.76 bits per heavy atom. The topological polar surface area (TPSA) is 88.0 Å². The van der Waals surface area contributed by atoms with E-state index in [9.17, 15) is 9.65 Å². The molecule has 2 aromatic carbocycles. The minimum absolute atomic E-state index is 0.295. The van der Waals surface area contributed by atoms with Crippen molar-refractivity contribution < 1.29 is 4.39 Å². The highest BCUT2D eigenvalue weighted by atomic mass is 35.5. The van der Waals surface area contributed by atoms with Crippen LogP contribution in [0.4, 0.5) is 15.8 Å². The van der Waals surface area contributed by atoms with E-state index in [4.69, 9.17) is 11.6 Å². The molecule has 2 aliphatic rings. The minimum atomic E-state index is -0.736. The van der Waals surface area contributed by atoms with E-state index in [1.165, 1.54) is 18.3 Å². The Labute approximate surface area is 203 Å². The summed E-state index contributed by atoms with van der Waals surface area (Å²) in [6.45, 7) is 2.62. The molecule has 0 amide bonds. The summed E-state index contributed by atoms with van der Waals surface area (Å²) in [6, 6.07) is 12.9. The van der Waals surface area contributed by atoms with Crippen LogP contribution in [0.1, 0.15) is 30.9 Å². The van der Waals surface area contributed by atoms with E-state index in [0.29, 0.717) is 34.4 Å². The lowest BCUT2D eigenvalue weighted by Crippen LogP contribution is -2.45. The van der Waals surface area contributed by atoms with E-state index in [-0.39, 0.29) is 5.82 Å². The summed E-state index contributed by atoms with van der Waals surface area (Å²) in [5, 5.41) is 19.8. The maximum absolute atomic E-state index is 13.7. The normalized spacial score (nSPS) is 17.0. The molecule has 0 bridgehead atoms. The number of hydrogen-bond acceptors (Lipinski definition) is 7. The maximum Gasteiger partial charge on any atom is 0.148 e. The zero-order valence-electron chi connectivity index (χ0n) is 18.9. The van der Waals surface area contributed by atoms with E-state index >= 15 is 0 Å². The number of anilines is 2. The van der Waals surface area contributed by atoms with Gasteiger partial charge in [-0.25, -0.2) is 4.39 Å². The number of pyridine rings is 1. The first-order valence-electron chi connectivity index (χ1n) is 11.3. The highest BCUT2D eigenvalue weighted by Crippen LogP contribution is 2.38. The van der Waals surface area contributed by atoms with Gasteiger partial charge < -0.3 is 16.1 Å². The minimum Gasteiger partial charge on any atom is -0.384 e. The molecule has 1 saturated carbocycles. The highest BCUT2D eigenvalue weighted by Gasteiger charge is 2.38. The molecule has 10 heteroatoms. The fraction of sp³-hybridized carbons (Fsp3) is 0.250. The Morgan fingerprint density at radius 1 is 1.32 bits per heavy atom. The van der Waals surface area contributed by atoms with Gasteiger partial charge in [-0.2, -0.15) is 5.26 Å². The second kappa shape index (κ2) is 8.71. The predicted octanol–water partition coefficient (Wildman–Crippen LogP) is 3.56. The van der Waals surface area contributed by atoms with Crippen LogP contribution >= 0.6 is 11.6 Å². The zero-order chi connectivity index (χ0) is 23.9. The summed E-state index contributed by atoms with van der Waals surface area (Å²) in [5.74, 6) is -0.295. The van der Waals surface area contributed by atoms with Crippen LogP contribution in [0.2, 0.25) is 5.02 Å². The van der Waals surface area contributed by atoms with Crippen LogP contribution in [0, 0.1) is 17.1 Å². The van der Waals surface area contributed by atoms with Gasteiger partial charge in [-0.15, -0.1) is 5.53 Å². The second-order valence-corrected chi connectivity index (χ2v) is 9.13. The molecule has 7 nitrogen and oxygen atoms in total. The summed E-state index contributed by atoms with van der Waals surface area (Å²) in [6.07, 6.45) is 5.87. The summed E-state index contributed by atoms with van der Waals surface area (Å²) < 4.78 is 13.7. The van der Waals surface area contributed by atoms with E-state index in [1.54, 1.807) is 12.1 Å². The predicted molar refractivity (Wildman–Crippen MR) is 135 cm³/mol. The SMILES string of the molecule is BC(Nc1cc(Cl)c2ncc(C#N)c(NCC)c2c1)(C1=CN(C2CC2)NN1)c1ccc(F)cc1. The second-order valence-electron chi connectivity index (χ2n) is 8.72. The molecule has 172 valence electrons. The van der Waals surface area contributed by atoms with E-state index < -0.39 is 5.44 Å². The van der Waals surface area contributed by atoms with Crippen LogP contribution < -0.4 is 21.6 Å². The Balaban J connectivity index is 1.61. The Morgan fingerprint density at radius 2 is 2.09 bits per heavy atom. The van der Waals surface area contributed by atoms with Gasteiger partial charge >= 0.3 is 0 Å². The van der Waals surface area contributed by atoms with Gasteiger partial charge in [0.05, 0.1) is 32.9 Å². The molecule has 0 saturated heterocycles. The lowest BCUT2D eigenvalue weighted by Gasteiger charge is -2.34. The summed E-state index contributed by atoms with van der Waals surface area (Å²) in [7, 11) is 2.03. The molecule has 1 unspecified atom stereocenters. The van der Waals surface area contributed by atoms with Gasteiger partial charge in [-0.1, -0.05) is 23.7 Å². The average Bonchev–Trinajstić information content (AvgIpc) is 3.55. The quantitative estimate of drug-likeness (QED) is 0.389. The Hall–Kier alpha value is -3.48. The van der Waals surface area contributed by atoms with Crippen molar-refractivity contribution >= 4 is 41.7 Å². The van der Waals surface area contributed by atoms with Gasteiger partial charge in [0.25, 0.3) is 0 Å². The number of hydrazine groups is 2. The molecule has 1 aliphatic heterocycles. The lowest BCUT2D eigenvalue weighted by atomic mass is 9.69. The van der Waals surface area contributed by atoms with Crippen molar-refractivity contribution in [2.24, 2.45) is 0 Å². The third kappa shape index (κ3) is 4.00. The Kier molecular flexibility index (Phi) is 5.72. The third-order valence-electron chi connectivity index (χ3n) is 6.28. The molecule has 3 aromatic rings. The summed E-state index contributed by atoms with van der Waals surface area (Å²) in [4.78, 5) is 4.41. The first kappa shape index (κ1) is 22.3. The number of fused-ring (bicyclic) bond motifs is 1. The molecular formula is C24H24BClFN7. The fourth-order valence-corrected chi connectivity index (χ4v) is 4.55. The molecule has 1 aromatic heterocycles. The van der Waals surface area contributed by atoms with Crippen molar-refractivity contribution in [3.8, 4) is 6.07 Å². The number of hydrogen-bond donors (Lipinski definition) is 4. The van der Waals surface area contributed by atoms with Gasteiger partial charge in [-0.3, -0.25) is 9.99 Å². The molecular weight excluding hydrogens is 452 g/mol. The first-order chi connectivity index (χ1) is 16.4. The fourth-order valence-electron chi connectivity index (χ4n) is 4.28. The summed E-state index contributed by atoms with van der Waals surface area (Å²) in [5.41, 5.74) is 10.0. The maximum atomic E-state index is 13.7. The van der Waals surface area contributed by atoms with Gasteiger partial charge in [-0.05, 0) is 49.6 Å². The van der Waals surface area contributed by atoms with Crippen LogP contribution in [0.25, 0.3) is 10.9 Å². The largest absolute Gasteiger partial charge is 0.384 e. The molecule has 5 rings (SSSR count). The molecule has 1 atom stereocenters. The van der Waals surface area contributed by atoms with E-state index in [1.807, 2.05) is 26.9 Å². The number of nitriles is 1. The van der Waals surface area contributed by atoms with Gasteiger partial charge in [0.2, 0.25) is 0 Å². The van der Waals surface area contributed by atoms with Crippen LogP contribution in [0.5, 0.6) is 0 Å². The van der Waals surface area contributed by atoms with Crippen molar-refractivity contribution in [3.05, 3.63) is 76.5 Å². The van der Waals surface area contributed by atoms with Crippen LogP contribution in [0.15, 0.2) is 54.5 Å². The molecule has 34 heavy (non-hydrogen) atoms. The van der Waals surface area contributed by atoms with Gasteiger partial charge in [0, 0.05) is 36.1 Å². The number of aromatic nitrogens is 1. The van der Waals surface area contributed by atoms with Crippen LogP contribution in [0.3, 0.4) is 0 Å². The number of nitrogens with one attached hydrogen (secondary N) is 4. The van der Waals surface area contributed by atoms with Crippen LogP contribution in [-0.4, -0.2) is 30.4 Å². The van der Waals surface area contributed by atoms with Gasteiger partial charge in [0.15, 0.2) is 0 Å². The molecule has 4 N–H and O–H groups in total. The molecule has 1 aliphatic carbocycles. The monoisotopic (exact) mass is 475 g/mol. The van der Waals surface area contributed by atoms with Crippen molar-refractivity contribution in [3.63, 3.8) is 0 Å². The average molecular weight is 476 g/mol. The third-order valence-corrected chi connectivity index (χ3v) is 6.57. The zero-order valence-corrected chi connectivity index (χ0v) is 19.7. The summed E-state index contributed by atoms with van der Waals surface area (Å²) >= 11 is 6.64. The van der Waals surface area contributed by atoms with Crippen molar-refractivity contribution in [2.45, 2.75) is 31.2 Å².